The van der Waals surface area contributed by atoms with Gasteiger partial charge in [-0.1, -0.05) is 12.1 Å². The van der Waals surface area contributed by atoms with Crippen LogP contribution in [-0.4, -0.2) is 36.8 Å². The molecule has 0 bridgehead atoms. The Morgan fingerprint density at radius 1 is 1.22 bits per heavy atom. The largest absolute Gasteiger partial charge is 0.489 e. The Bertz CT molecular complexity index is 808. The number of carbonyl (C=O) groups is 1. The second-order valence-corrected chi connectivity index (χ2v) is 7.63. The molecule has 0 radical (unpaired) electrons. The van der Waals surface area contributed by atoms with Crippen molar-refractivity contribution in [2.45, 2.75) is 19.1 Å². The van der Waals surface area contributed by atoms with E-state index in [0.717, 1.165) is 40.8 Å². The van der Waals surface area contributed by atoms with Gasteiger partial charge in [0, 0.05) is 42.3 Å². The summed E-state index contributed by atoms with van der Waals surface area (Å²) >= 11 is 1.89. The lowest BCUT2D eigenvalue weighted by molar-refractivity contribution is -0.116. The van der Waals surface area contributed by atoms with E-state index in [1.807, 2.05) is 54.2 Å². The van der Waals surface area contributed by atoms with E-state index in [-0.39, 0.29) is 18.7 Å². The van der Waals surface area contributed by atoms with E-state index in [2.05, 4.69) is 10.6 Å². The van der Waals surface area contributed by atoms with Gasteiger partial charge in [0.05, 0.1) is 0 Å². The standard InChI is InChI=1S/C20H22N2O4S/c23-20(9-16-12-27-7-6-21-16)22-15-3-1-2-14(8-15)11-24-17-4-5-18-19(10-17)26-13-25-18/h1-5,8,10,16,21H,6-7,9,11-13H2,(H,22,23). The fourth-order valence-corrected chi connectivity index (χ4v) is 4.01. The Morgan fingerprint density at radius 3 is 3.04 bits per heavy atom. The van der Waals surface area contributed by atoms with Crippen molar-refractivity contribution in [3.8, 4) is 17.2 Å². The van der Waals surface area contributed by atoms with Gasteiger partial charge in [0.15, 0.2) is 11.5 Å². The van der Waals surface area contributed by atoms with Gasteiger partial charge in [0.1, 0.15) is 12.4 Å². The second-order valence-electron chi connectivity index (χ2n) is 6.48. The zero-order chi connectivity index (χ0) is 18.5. The Labute approximate surface area is 162 Å². The predicted molar refractivity (Wildman–Crippen MR) is 106 cm³/mol. The van der Waals surface area contributed by atoms with Gasteiger partial charge in [-0.15, -0.1) is 0 Å². The average Bonchev–Trinajstić information content (AvgIpc) is 3.15. The maximum atomic E-state index is 12.3. The molecule has 2 aliphatic rings. The van der Waals surface area contributed by atoms with Gasteiger partial charge in [-0.3, -0.25) is 4.79 Å². The molecule has 2 aromatic rings. The van der Waals surface area contributed by atoms with Crippen molar-refractivity contribution in [3.63, 3.8) is 0 Å². The number of fused-ring (bicyclic) bond motifs is 1. The molecule has 2 heterocycles. The van der Waals surface area contributed by atoms with E-state index in [1.54, 1.807) is 0 Å². The summed E-state index contributed by atoms with van der Waals surface area (Å²) < 4.78 is 16.5. The smallest absolute Gasteiger partial charge is 0.231 e. The molecule has 1 saturated heterocycles. The summed E-state index contributed by atoms with van der Waals surface area (Å²) in [7, 11) is 0. The number of rotatable bonds is 6. The first-order chi connectivity index (χ1) is 13.3. The van der Waals surface area contributed by atoms with Crippen molar-refractivity contribution >= 4 is 23.4 Å². The lowest BCUT2D eigenvalue weighted by Gasteiger charge is -2.22. The summed E-state index contributed by atoms with van der Waals surface area (Å²) in [4.78, 5) is 12.3. The molecule has 1 atom stereocenters. The van der Waals surface area contributed by atoms with E-state index in [9.17, 15) is 4.79 Å². The molecular formula is C20H22N2O4S. The first kappa shape index (κ1) is 18.0. The van der Waals surface area contributed by atoms with Crippen molar-refractivity contribution in [2.24, 2.45) is 0 Å². The molecule has 2 aliphatic heterocycles. The molecule has 1 amide bonds. The fourth-order valence-electron chi connectivity index (χ4n) is 3.06. The predicted octanol–water partition coefficient (Wildman–Crippen LogP) is 3.03. The number of nitrogens with one attached hydrogen (secondary N) is 2. The third-order valence-corrected chi connectivity index (χ3v) is 5.52. The van der Waals surface area contributed by atoms with Gasteiger partial charge in [0.2, 0.25) is 12.7 Å². The van der Waals surface area contributed by atoms with E-state index >= 15 is 0 Å². The molecule has 6 nitrogen and oxygen atoms in total. The van der Waals surface area contributed by atoms with E-state index in [4.69, 9.17) is 14.2 Å². The molecule has 142 valence electrons. The molecule has 0 aliphatic carbocycles. The molecule has 27 heavy (non-hydrogen) atoms. The van der Waals surface area contributed by atoms with Crippen LogP contribution in [0.2, 0.25) is 0 Å². The minimum Gasteiger partial charge on any atom is -0.489 e. The molecule has 2 aromatic carbocycles. The van der Waals surface area contributed by atoms with Crippen molar-refractivity contribution in [1.29, 1.82) is 0 Å². The number of ether oxygens (including phenoxy) is 3. The SMILES string of the molecule is O=C(CC1CSCCN1)Nc1cccc(COc2ccc3c(c2)OCO3)c1. The zero-order valence-electron chi connectivity index (χ0n) is 14.9. The number of thioether (sulfide) groups is 1. The van der Waals surface area contributed by atoms with Gasteiger partial charge in [-0.05, 0) is 29.8 Å². The van der Waals surface area contributed by atoms with Crippen LogP contribution < -0.4 is 24.8 Å². The summed E-state index contributed by atoms with van der Waals surface area (Å²) in [6.45, 7) is 1.62. The van der Waals surface area contributed by atoms with Crippen LogP contribution in [0, 0.1) is 0 Å². The Balaban J connectivity index is 1.31. The zero-order valence-corrected chi connectivity index (χ0v) is 15.7. The lowest BCUT2D eigenvalue weighted by Crippen LogP contribution is -2.39. The Kier molecular flexibility index (Phi) is 5.69. The molecule has 0 saturated carbocycles. The Hall–Kier alpha value is -2.38. The van der Waals surface area contributed by atoms with Gasteiger partial charge >= 0.3 is 0 Å². The van der Waals surface area contributed by atoms with E-state index in [1.165, 1.54) is 0 Å². The summed E-state index contributed by atoms with van der Waals surface area (Å²) in [5.41, 5.74) is 1.77. The number of benzene rings is 2. The molecule has 2 N–H and O–H groups in total. The van der Waals surface area contributed by atoms with Crippen molar-refractivity contribution in [1.82, 2.24) is 5.32 Å². The molecule has 7 heteroatoms. The van der Waals surface area contributed by atoms with Crippen molar-refractivity contribution < 1.29 is 19.0 Å². The quantitative estimate of drug-likeness (QED) is 0.795. The monoisotopic (exact) mass is 386 g/mol. The highest BCUT2D eigenvalue weighted by atomic mass is 32.2. The lowest BCUT2D eigenvalue weighted by atomic mass is 10.2. The van der Waals surface area contributed by atoms with Crippen LogP contribution in [-0.2, 0) is 11.4 Å². The third kappa shape index (κ3) is 4.87. The van der Waals surface area contributed by atoms with Crippen molar-refractivity contribution in [2.75, 3.05) is 30.2 Å². The van der Waals surface area contributed by atoms with Crippen LogP contribution in [0.5, 0.6) is 17.2 Å². The number of amides is 1. The number of hydrogen-bond donors (Lipinski definition) is 2. The summed E-state index contributed by atoms with van der Waals surface area (Å²) in [5, 5.41) is 6.36. The average molecular weight is 386 g/mol. The van der Waals surface area contributed by atoms with Crippen LogP contribution in [0.1, 0.15) is 12.0 Å². The Morgan fingerprint density at radius 2 is 2.15 bits per heavy atom. The minimum absolute atomic E-state index is 0.0313. The molecule has 0 aromatic heterocycles. The highest BCUT2D eigenvalue weighted by Crippen LogP contribution is 2.35. The highest BCUT2D eigenvalue weighted by molar-refractivity contribution is 7.99. The number of carbonyl (C=O) groups excluding carboxylic acids is 1. The van der Waals surface area contributed by atoms with Crippen molar-refractivity contribution in [3.05, 3.63) is 48.0 Å². The first-order valence-corrected chi connectivity index (χ1v) is 10.1. The summed E-state index contributed by atoms with van der Waals surface area (Å²) in [6.07, 6.45) is 0.491. The summed E-state index contributed by atoms with van der Waals surface area (Å²) in [5.74, 6) is 4.28. The molecule has 1 fully saturated rings. The van der Waals surface area contributed by atoms with Crippen LogP contribution in [0.3, 0.4) is 0 Å². The summed E-state index contributed by atoms with van der Waals surface area (Å²) in [6, 6.07) is 13.5. The van der Waals surface area contributed by atoms with Crippen LogP contribution in [0.15, 0.2) is 42.5 Å². The molecular weight excluding hydrogens is 364 g/mol. The number of anilines is 1. The van der Waals surface area contributed by atoms with Gasteiger partial charge in [0.25, 0.3) is 0 Å². The number of hydrogen-bond acceptors (Lipinski definition) is 6. The van der Waals surface area contributed by atoms with Gasteiger partial charge in [-0.25, -0.2) is 0 Å². The highest BCUT2D eigenvalue weighted by Gasteiger charge is 2.17. The van der Waals surface area contributed by atoms with Gasteiger partial charge < -0.3 is 24.8 Å². The van der Waals surface area contributed by atoms with E-state index in [0.29, 0.717) is 18.8 Å². The third-order valence-electron chi connectivity index (χ3n) is 4.39. The minimum atomic E-state index is 0.0313. The first-order valence-electron chi connectivity index (χ1n) is 8.99. The topological polar surface area (TPSA) is 68.8 Å². The maximum absolute atomic E-state index is 12.3. The fraction of sp³-hybridized carbons (Fsp3) is 0.350. The van der Waals surface area contributed by atoms with Crippen LogP contribution >= 0.6 is 11.8 Å². The van der Waals surface area contributed by atoms with Gasteiger partial charge in [-0.2, -0.15) is 11.8 Å². The van der Waals surface area contributed by atoms with Crippen LogP contribution in [0.4, 0.5) is 5.69 Å². The van der Waals surface area contributed by atoms with E-state index < -0.39 is 0 Å². The molecule has 1 unspecified atom stereocenters. The maximum Gasteiger partial charge on any atom is 0.231 e. The normalized spacial score (nSPS) is 18.1. The van der Waals surface area contributed by atoms with Crippen LogP contribution in [0.25, 0.3) is 0 Å². The molecule has 0 spiro atoms. The second kappa shape index (κ2) is 8.54. The molecule has 4 rings (SSSR count).